The van der Waals surface area contributed by atoms with E-state index in [0.717, 1.165) is 21.9 Å². The van der Waals surface area contributed by atoms with Gasteiger partial charge in [-0.2, -0.15) is 0 Å². The van der Waals surface area contributed by atoms with Crippen molar-refractivity contribution in [2.75, 3.05) is 12.3 Å². The van der Waals surface area contributed by atoms with E-state index in [-0.39, 0.29) is 24.6 Å². The van der Waals surface area contributed by atoms with Gasteiger partial charge < -0.3 is 5.32 Å². The van der Waals surface area contributed by atoms with Crippen molar-refractivity contribution in [3.05, 3.63) is 47.6 Å². The first-order chi connectivity index (χ1) is 12.5. The van der Waals surface area contributed by atoms with Gasteiger partial charge in [0.2, 0.25) is 5.91 Å². The van der Waals surface area contributed by atoms with Crippen LogP contribution in [-0.2, 0) is 21.1 Å². The molecule has 2 aromatic heterocycles. The normalized spacial score (nSPS) is 19.0. The minimum atomic E-state index is -3.03. The van der Waals surface area contributed by atoms with Gasteiger partial charge in [0.25, 0.3) is 0 Å². The van der Waals surface area contributed by atoms with Crippen LogP contribution in [0, 0.1) is 0 Å². The summed E-state index contributed by atoms with van der Waals surface area (Å²) in [4.78, 5) is 17.7. The van der Waals surface area contributed by atoms with Gasteiger partial charge in [0.15, 0.2) is 14.8 Å². The SMILES string of the molecule is O=C(Cc1csc2nc(-c3ccccc3)cn12)NC[C@@H]1CCCS1(=O)=O. The Kier molecular flexibility index (Phi) is 4.54. The molecule has 0 unspecified atom stereocenters. The van der Waals surface area contributed by atoms with E-state index in [9.17, 15) is 13.2 Å². The van der Waals surface area contributed by atoms with Crippen molar-refractivity contribution in [1.29, 1.82) is 0 Å². The number of hydrogen-bond donors (Lipinski definition) is 1. The van der Waals surface area contributed by atoms with Gasteiger partial charge in [-0.25, -0.2) is 13.4 Å². The van der Waals surface area contributed by atoms with E-state index < -0.39 is 15.1 Å². The van der Waals surface area contributed by atoms with Crippen LogP contribution in [0.2, 0.25) is 0 Å². The summed E-state index contributed by atoms with van der Waals surface area (Å²) in [5, 5.41) is 4.26. The van der Waals surface area contributed by atoms with Gasteiger partial charge in [-0.1, -0.05) is 30.3 Å². The summed E-state index contributed by atoms with van der Waals surface area (Å²) in [6, 6.07) is 9.90. The first-order valence-corrected chi connectivity index (χ1v) is 11.1. The Morgan fingerprint density at radius 2 is 2.12 bits per heavy atom. The number of amides is 1. The smallest absolute Gasteiger partial charge is 0.226 e. The standard InChI is InChI=1S/C18H19N3O3S2/c22-17(19-10-15-7-4-8-26(15,23)24)9-14-12-25-18-20-16(11-21(14)18)13-5-2-1-3-6-13/h1-3,5-6,11-12,15H,4,7-10H2,(H,19,22)/t15-/m0/s1. The summed E-state index contributed by atoms with van der Waals surface area (Å²) in [5.41, 5.74) is 2.76. The van der Waals surface area contributed by atoms with Crippen LogP contribution in [0.4, 0.5) is 0 Å². The number of fused-ring (bicyclic) bond motifs is 1. The molecular weight excluding hydrogens is 370 g/mol. The summed E-state index contributed by atoms with van der Waals surface area (Å²) in [7, 11) is -3.03. The van der Waals surface area contributed by atoms with Crippen LogP contribution in [0.15, 0.2) is 41.9 Å². The molecule has 1 aromatic carbocycles. The molecule has 0 bridgehead atoms. The number of thiazole rings is 1. The van der Waals surface area contributed by atoms with Crippen molar-refractivity contribution in [3.63, 3.8) is 0 Å². The minimum absolute atomic E-state index is 0.165. The zero-order chi connectivity index (χ0) is 18.1. The van der Waals surface area contributed by atoms with Crippen molar-refractivity contribution in [2.45, 2.75) is 24.5 Å². The van der Waals surface area contributed by atoms with Crippen LogP contribution < -0.4 is 5.32 Å². The number of hydrogen-bond acceptors (Lipinski definition) is 5. The average molecular weight is 390 g/mol. The topological polar surface area (TPSA) is 80.5 Å². The third-order valence-electron chi connectivity index (χ3n) is 4.68. The lowest BCUT2D eigenvalue weighted by Gasteiger charge is -2.10. The van der Waals surface area contributed by atoms with Crippen LogP contribution in [0.3, 0.4) is 0 Å². The Labute approximate surface area is 155 Å². The Bertz CT molecular complexity index is 1040. The summed E-state index contributed by atoms with van der Waals surface area (Å²) in [6.07, 6.45) is 3.46. The van der Waals surface area contributed by atoms with Gasteiger partial charge >= 0.3 is 0 Å². The minimum Gasteiger partial charge on any atom is -0.354 e. The monoisotopic (exact) mass is 389 g/mol. The molecule has 0 radical (unpaired) electrons. The largest absolute Gasteiger partial charge is 0.354 e. The highest BCUT2D eigenvalue weighted by molar-refractivity contribution is 7.92. The lowest BCUT2D eigenvalue weighted by molar-refractivity contribution is -0.120. The van der Waals surface area contributed by atoms with Crippen molar-refractivity contribution >= 4 is 32.0 Å². The maximum atomic E-state index is 12.3. The molecule has 3 aromatic rings. The molecule has 4 rings (SSSR count). The Morgan fingerprint density at radius 3 is 2.85 bits per heavy atom. The zero-order valence-electron chi connectivity index (χ0n) is 14.1. The molecule has 6 nitrogen and oxygen atoms in total. The third kappa shape index (κ3) is 3.39. The molecule has 136 valence electrons. The fourth-order valence-electron chi connectivity index (χ4n) is 3.25. The molecular formula is C18H19N3O3S2. The van der Waals surface area contributed by atoms with Gasteiger partial charge in [0, 0.05) is 29.4 Å². The molecule has 0 saturated carbocycles. The zero-order valence-corrected chi connectivity index (χ0v) is 15.7. The van der Waals surface area contributed by atoms with Crippen molar-refractivity contribution in [3.8, 4) is 11.3 Å². The second-order valence-corrected chi connectivity index (χ2v) is 9.72. The highest BCUT2D eigenvalue weighted by atomic mass is 32.2. The number of carbonyl (C=O) groups excluding carboxylic acids is 1. The molecule has 0 aliphatic carbocycles. The Balaban J connectivity index is 1.45. The van der Waals surface area contributed by atoms with Crippen molar-refractivity contribution in [1.82, 2.24) is 14.7 Å². The van der Waals surface area contributed by atoms with Crippen LogP contribution in [0.1, 0.15) is 18.5 Å². The van der Waals surface area contributed by atoms with Gasteiger partial charge in [0.05, 0.1) is 23.1 Å². The van der Waals surface area contributed by atoms with E-state index in [1.165, 1.54) is 11.3 Å². The second-order valence-electron chi connectivity index (χ2n) is 6.48. The van der Waals surface area contributed by atoms with Crippen molar-refractivity contribution in [2.24, 2.45) is 0 Å². The van der Waals surface area contributed by atoms with Gasteiger partial charge in [-0.15, -0.1) is 11.3 Å². The highest BCUT2D eigenvalue weighted by Gasteiger charge is 2.31. The molecule has 26 heavy (non-hydrogen) atoms. The maximum Gasteiger partial charge on any atom is 0.226 e. The summed E-state index contributed by atoms with van der Waals surface area (Å²) in [5.74, 6) is 0.0671. The number of nitrogens with one attached hydrogen (secondary N) is 1. The van der Waals surface area contributed by atoms with Crippen LogP contribution >= 0.6 is 11.3 Å². The molecule has 1 N–H and O–H groups in total. The van der Waals surface area contributed by atoms with E-state index in [0.29, 0.717) is 12.8 Å². The van der Waals surface area contributed by atoms with Crippen molar-refractivity contribution < 1.29 is 13.2 Å². The lowest BCUT2D eigenvalue weighted by atomic mass is 10.2. The molecule has 0 spiro atoms. The number of carbonyl (C=O) groups is 1. The van der Waals surface area contributed by atoms with Gasteiger partial charge in [-0.3, -0.25) is 9.20 Å². The van der Waals surface area contributed by atoms with Crippen LogP contribution in [0.25, 0.3) is 16.2 Å². The number of nitrogens with zero attached hydrogens (tertiary/aromatic N) is 2. The number of benzene rings is 1. The molecule has 1 aliphatic heterocycles. The van der Waals surface area contributed by atoms with Gasteiger partial charge in [-0.05, 0) is 12.8 Å². The van der Waals surface area contributed by atoms with E-state index >= 15 is 0 Å². The highest BCUT2D eigenvalue weighted by Crippen LogP contribution is 2.24. The Hall–Kier alpha value is -2.19. The quantitative estimate of drug-likeness (QED) is 0.726. The molecule has 1 aliphatic rings. The Morgan fingerprint density at radius 1 is 1.31 bits per heavy atom. The first-order valence-electron chi connectivity index (χ1n) is 8.52. The van der Waals surface area contributed by atoms with Gasteiger partial charge in [0.1, 0.15) is 0 Å². The van der Waals surface area contributed by atoms with E-state index in [2.05, 4.69) is 10.3 Å². The van der Waals surface area contributed by atoms with Crippen LogP contribution in [0.5, 0.6) is 0 Å². The number of sulfone groups is 1. The summed E-state index contributed by atoms with van der Waals surface area (Å²) in [6.45, 7) is 0.202. The van der Waals surface area contributed by atoms with E-state index in [1.54, 1.807) is 0 Å². The third-order valence-corrected chi connectivity index (χ3v) is 7.85. The summed E-state index contributed by atoms with van der Waals surface area (Å²) < 4.78 is 25.6. The molecule has 8 heteroatoms. The molecule has 1 atom stereocenters. The fraction of sp³-hybridized carbons (Fsp3) is 0.333. The second kappa shape index (κ2) is 6.85. The molecule has 1 amide bonds. The number of imidazole rings is 1. The predicted molar refractivity (Wildman–Crippen MR) is 102 cm³/mol. The molecule has 3 heterocycles. The first kappa shape index (κ1) is 17.2. The van der Waals surface area contributed by atoms with Crippen LogP contribution in [-0.4, -0.2) is 41.3 Å². The lowest BCUT2D eigenvalue weighted by Crippen LogP contribution is -2.35. The molecule has 1 fully saturated rings. The van der Waals surface area contributed by atoms with E-state index in [1.807, 2.05) is 46.3 Å². The number of rotatable bonds is 5. The fourth-order valence-corrected chi connectivity index (χ4v) is 5.88. The number of aromatic nitrogens is 2. The average Bonchev–Trinajstić information content (AvgIpc) is 3.29. The summed E-state index contributed by atoms with van der Waals surface area (Å²) >= 11 is 1.49. The predicted octanol–water partition coefficient (Wildman–Crippen LogP) is 2.30. The molecule has 1 saturated heterocycles. The maximum absolute atomic E-state index is 12.3. The van der Waals surface area contributed by atoms with E-state index in [4.69, 9.17) is 0 Å².